The van der Waals surface area contributed by atoms with Crippen LogP contribution < -0.4 is 4.90 Å². The highest BCUT2D eigenvalue weighted by molar-refractivity contribution is 9.10. The van der Waals surface area contributed by atoms with Gasteiger partial charge >= 0.3 is 0 Å². The van der Waals surface area contributed by atoms with E-state index in [0.717, 1.165) is 17.0 Å². The molecule has 15 heteroatoms. The van der Waals surface area contributed by atoms with E-state index < -0.39 is 27.2 Å². The number of Topliss-reactive ketones (excluding diaryl/α,β-unsaturated/α-hetero) is 1. The zero-order chi connectivity index (χ0) is 28.2. The number of carbonyl (C=O) groups excluding carboxylic acids is 1. The van der Waals surface area contributed by atoms with E-state index in [9.17, 15) is 33.8 Å². The molecule has 204 valence electrons. The van der Waals surface area contributed by atoms with Crippen LogP contribution in [0.5, 0.6) is 0 Å². The van der Waals surface area contributed by atoms with Gasteiger partial charge in [-0.05, 0) is 39.8 Å². The highest BCUT2D eigenvalue weighted by Gasteiger charge is 2.27. The van der Waals surface area contributed by atoms with Crippen LogP contribution in [-0.2, 0) is 4.79 Å². The fourth-order valence-electron chi connectivity index (χ4n) is 3.32. The number of nitrogens with one attached hydrogen (secondary N) is 1. The molecule has 0 atom stereocenters. The van der Waals surface area contributed by atoms with Crippen LogP contribution in [0.3, 0.4) is 0 Å². The number of aromatic nitrogens is 2. The van der Waals surface area contributed by atoms with Gasteiger partial charge in [-0.3, -0.25) is 35.0 Å². The highest BCUT2D eigenvalue weighted by atomic mass is 79.9. The molecule has 1 N–H and O–H groups in total. The Morgan fingerprint density at radius 3 is 1.95 bits per heavy atom. The van der Waals surface area contributed by atoms with Crippen LogP contribution in [0.1, 0.15) is 32.8 Å². The molecule has 0 amide bonds. The number of hydrogen-bond donors (Lipinski definition) is 1. The van der Waals surface area contributed by atoms with E-state index in [4.69, 9.17) is 5.41 Å². The van der Waals surface area contributed by atoms with Crippen LogP contribution in [0.15, 0.2) is 39.4 Å². The SMILES string of the molecule is C.CC(=N)N(CC(C)=O)c1c(F)cc(Br)cc1[N+](=O)[O-].Cc1cn(-c2c(F)cc(Br)cc2[N+](=O)[O-])c(C)n1. The average Bonchev–Trinajstić information content (AvgIpc) is 3.08. The van der Waals surface area contributed by atoms with Gasteiger partial charge in [0.05, 0.1) is 27.9 Å². The molecule has 1 heterocycles. The maximum absolute atomic E-state index is 14.0. The number of carbonyl (C=O) groups is 1. The van der Waals surface area contributed by atoms with Gasteiger partial charge in [-0.2, -0.15) is 0 Å². The van der Waals surface area contributed by atoms with Crippen molar-refractivity contribution in [2.75, 3.05) is 11.4 Å². The summed E-state index contributed by atoms with van der Waals surface area (Å²) in [6.45, 7) is 5.70. The Hall–Kier alpha value is -3.59. The Morgan fingerprint density at radius 1 is 1.03 bits per heavy atom. The largest absolute Gasteiger partial charge is 0.315 e. The number of halogens is 4. The van der Waals surface area contributed by atoms with E-state index in [1.54, 1.807) is 20.0 Å². The molecule has 0 aliphatic rings. The second-order valence-corrected chi connectivity index (χ2v) is 9.53. The normalized spacial score (nSPS) is 10.1. The Morgan fingerprint density at radius 2 is 1.53 bits per heavy atom. The van der Waals surface area contributed by atoms with Gasteiger partial charge in [0, 0.05) is 27.3 Å². The van der Waals surface area contributed by atoms with Gasteiger partial charge in [-0.25, -0.2) is 13.8 Å². The number of hydrogen-bond acceptors (Lipinski definition) is 7. The Kier molecular flexibility index (Phi) is 11.3. The van der Waals surface area contributed by atoms with Gasteiger partial charge in [-0.1, -0.05) is 39.3 Å². The van der Waals surface area contributed by atoms with Crippen molar-refractivity contribution in [2.24, 2.45) is 0 Å². The summed E-state index contributed by atoms with van der Waals surface area (Å²) in [4.78, 5) is 36.9. The lowest BCUT2D eigenvalue weighted by atomic mass is 10.2. The van der Waals surface area contributed by atoms with Crippen molar-refractivity contribution in [2.45, 2.75) is 35.1 Å². The third-order valence-corrected chi connectivity index (χ3v) is 5.62. The molecule has 3 rings (SSSR count). The first-order chi connectivity index (χ1) is 17.1. The van der Waals surface area contributed by atoms with Crippen molar-refractivity contribution < 1.29 is 23.4 Å². The van der Waals surface area contributed by atoms with Crippen LogP contribution in [0.25, 0.3) is 5.69 Å². The van der Waals surface area contributed by atoms with E-state index in [1.807, 2.05) is 0 Å². The van der Waals surface area contributed by atoms with Crippen molar-refractivity contribution >= 4 is 60.5 Å². The Bertz CT molecular complexity index is 1410. The van der Waals surface area contributed by atoms with Gasteiger partial charge in [-0.15, -0.1) is 0 Å². The van der Waals surface area contributed by atoms with Crippen LogP contribution in [0.2, 0.25) is 0 Å². The summed E-state index contributed by atoms with van der Waals surface area (Å²) in [5, 5.41) is 29.5. The number of nitrogens with zero attached hydrogens (tertiary/aromatic N) is 5. The van der Waals surface area contributed by atoms with Crippen molar-refractivity contribution in [3.8, 4) is 5.69 Å². The Balaban J connectivity index is 0.000000370. The van der Waals surface area contributed by atoms with E-state index in [0.29, 0.717) is 16.0 Å². The number of ketones is 1. The quantitative estimate of drug-likeness (QED) is 0.132. The summed E-state index contributed by atoms with van der Waals surface area (Å²) >= 11 is 6.01. The molecule has 0 saturated heterocycles. The van der Waals surface area contributed by atoms with Gasteiger partial charge in [0.15, 0.2) is 23.0 Å². The van der Waals surface area contributed by atoms with Gasteiger partial charge in [0.1, 0.15) is 11.6 Å². The first-order valence-corrected chi connectivity index (χ1v) is 11.8. The van der Waals surface area contributed by atoms with Crippen LogP contribution in [0.4, 0.5) is 25.8 Å². The van der Waals surface area contributed by atoms with Crippen molar-refractivity contribution in [3.63, 3.8) is 0 Å². The molecule has 3 aromatic rings. The molecule has 0 bridgehead atoms. The molecule has 0 saturated carbocycles. The number of rotatable bonds is 6. The van der Waals surface area contributed by atoms with E-state index in [-0.39, 0.29) is 47.1 Å². The van der Waals surface area contributed by atoms with E-state index in [2.05, 4.69) is 36.8 Å². The smallest absolute Gasteiger partial charge is 0.297 e. The molecule has 0 aliphatic carbocycles. The summed E-state index contributed by atoms with van der Waals surface area (Å²) in [6.07, 6.45) is 1.56. The second-order valence-electron chi connectivity index (χ2n) is 7.70. The second kappa shape index (κ2) is 13.3. The van der Waals surface area contributed by atoms with Gasteiger partial charge < -0.3 is 4.90 Å². The molecule has 11 nitrogen and oxygen atoms in total. The van der Waals surface area contributed by atoms with Crippen molar-refractivity contribution in [3.05, 3.63) is 82.8 Å². The highest BCUT2D eigenvalue weighted by Crippen LogP contribution is 2.34. The number of benzene rings is 2. The lowest BCUT2D eigenvalue weighted by molar-refractivity contribution is -0.384. The first-order valence-electron chi connectivity index (χ1n) is 10.3. The fourth-order valence-corrected chi connectivity index (χ4v) is 4.16. The van der Waals surface area contributed by atoms with Crippen LogP contribution in [-0.4, -0.2) is 37.6 Å². The van der Waals surface area contributed by atoms with Crippen LogP contribution in [0, 0.1) is 51.1 Å². The van der Waals surface area contributed by atoms with Gasteiger partial charge in [0.2, 0.25) is 0 Å². The minimum Gasteiger partial charge on any atom is -0.315 e. The molecule has 38 heavy (non-hydrogen) atoms. The van der Waals surface area contributed by atoms with Crippen molar-refractivity contribution in [1.82, 2.24) is 9.55 Å². The van der Waals surface area contributed by atoms with Crippen molar-refractivity contribution in [1.29, 1.82) is 5.41 Å². The predicted molar refractivity (Wildman–Crippen MR) is 146 cm³/mol. The van der Waals surface area contributed by atoms with E-state index in [1.165, 1.54) is 30.5 Å². The third kappa shape index (κ3) is 7.71. The molecule has 0 spiro atoms. The van der Waals surface area contributed by atoms with Gasteiger partial charge in [0.25, 0.3) is 11.4 Å². The average molecular weight is 662 g/mol. The minimum absolute atomic E-state index is 0. The minimum atomic E-state index is -0.867. The molecule has 2 aromatic carbocycles. The lowest BCUT2D eigenvalue weighted by Crippen LogP contribution is -2.33. The maximum Gasteiger partial charge on any atom is 0.297 e. The number of nitro groups is 2. The summed E-state index contributed by atoms with van der Waals surface area (Å²) in [5.41, 5.74) is -0.608. The molecule has 0 unspecified atom stereocenters. The monoisotopic (exact) mass is 660 g/mol. The summed E-state index contributed by atoms with van der Waals surface area (Å²) in [6, 6.07) is 4.65. The number of aryl methyl sites for hydroxylation is 2. The summed E-state index contributed by atoms with van der Waals surface area (Å²) < 4.78 is 29.8. The molecule has 0 fully saturated rings. The van der Waals surface area contributed by atoms with E-state index >= 15 is 0 Å². The molecule has 0 aliphatic heterocycles. The third-order valence-electron chi connectivity index (χ3n) is 4.71. The topological polar surface area (TPSA) is 148 Å². The zero-order valence-corrected chi connectivity index (χ0v) is 23.1. The Labute approximate surface area is 233 Å². The molecule has 1 aromatic heterocycles. The standard InChI is InChI=1S/C11H11BrFN3O3.C11H9BrFN3O2.CH4/c1-6(17)5-15(7(2)14)11-9(13)3-8(12)4-10(11)16(18)19;1-6-5-15(7(2)14-6)11-9(13)3-8(12)4-10(11)16(17)18;/h3-4,14H,5H2,1-2H3;3-5H,1-2H3;1H4. The molecular formula is C23H24Br2F2N6O5. The zero-order valence-electron chi connectivity index (χ0n) is 19.9. The molecule has 0 radical (unpaired) electrons. The number of nitro benzene ring substituents is 2. The number of amidine groups is 1. The lowest BCUT2D eigenvalue weighted by Gasteiger charge is -2.22. The first kappa shape index (κ1) is 32.4. The predicted octanol–water partition coefficient (Wildman–Crippen LogP) is 6.82. The summed E-state index contributed by atoms with van der Waals surface area (Å²) in [7, 11) is 0. The fraction of sp³-hybridized carbons (Fsp3) is 0.261. The number of anilines is 1. The van der Waals surface area contributed by atoms with Crippen LogP contribution >= 0.6 is 31.9 Å². The molecular weight excluding hydrogens is 638 g/mol. The number of imidazole rings is 1. The summed E-state index contributed by atoms with van der Waals surface area (Å²) in [5.74, 6) is -1.52. The maximum atomic E-state index is 14.0.